The van der Waals surface area contributed by atoms with Crippen molar-refractivity contribution in [3.8, 4) is 0 Å². The van der Waals surface area contributed by atoms with Crippen molar-refractivity contribution in [3.05, 3.63) is 60.3 Å². The number of aryl methyl sites for hydroxylation is 1. The molecule has 0 saturated carbocycles. The predicted octanol–water partition coefficient (Wildman–Crippen LogP) is 2.30. The van der Waals surface area contributed by atoms with Gasteiger partial charge in [0, 0.05) is 55.0 Å². The van der Waals surface area contributed by atoms with Crippen LogP contribution >= 0.6 is 0 Å². The highest BCUT2D eigenvalue weighted by atomic mass is 16.5. The summed E-state index contributed by atoms with van der Waals surface area (Å²) in [7, 11) is 1.97. The molecule has 0 aliphatic carbocycles. The van der Waals surface area contributed by atoms with E-state index < -0.39 is 0 Å². The highest BCUT2D eigenvalue weighted by Gasteiger charge is 2.25. The lowest BCUT2D eigenvalue weighted by Gasteiger charge is -2.23. The fourth-order valence-corrected chi connectivity index (χ4v) is 3.61. The molecule has 3 aromatic rings. The normalized spacial score (nSPS) is 18.0. The largest absolute Gasteiger partial charge is 0.379 e. The van der Waals surface area contributed by atoms with E-state index in [1.54, 1.807) is 12.5 Å². The molecule has 1 aromatic carbocycles. The molecule has 1 saturated heterocycles. The molecule has 1 atom stereocenters. The summed E-state index contributed by atoms with van der Waals surface area (Å²) >= 11 is 0. The minimum absolute atomic E-state index is 0.0694. The highest BCUT2D eigenvalue weighted by Crippen LogP contribution is 2.23. The van der Waals surface area contributed by atoms with Crippen molar-refractivity contribution < 1.29 is 9.53 Å². The standard InChI is InChI=1S/C20H22N4O2/c1-23-12-18(17-4-2-3-5-19(17)23)20(25)24-8-9-26-13-15(11-24)10-16-6-7-21-14-22-16/h2-7,12,14-15H,8-11,13H2,1H3/t15-/m0/s1. The second-order valence-corrected chi connectivity index (χ2v) is 6.77. The van der Waals surface area contributed by atoms with Gasteiger partial charge in [0.05, 0.1) is 18.8 Å². The quantitative estimate of drug-likeness (QED) is 0.727. The zero-order chi connectivity index (χ0) is 17.9. The van der Waals surface area contributed by atoms with Crippen molar-refractivity contribution >= 4 is 16.8 Å². The van der Waals surface area contributed by atoms with Crippen LogP contribution in [-0.4, -0.2) is 51.6 Å². The average molecular weight is 350 g/mol. The van der Waals surface area contributed by atoms with Gasteiger partial charge in [-0.1, -0.05) is 18.2 Å². The zero-order valence-electron chi connectivity index (χ0n) is 14.8. The average Bonchev–Trinajstić information content (AvgIpc) is 2.85. The van der Waals surface area contributed by atoms with Crippen LogP contribution in [0.2, 0.25) is 0 Å². The van der Waals surface area contributed by atoms with Gasteiger partial charge in [-0.2, -0.15) is 0 Å². The number of rotatable bonds is 3. The number of aromatic nitrogens is 3. The molecule has 1 aliphatic heterocycles. The number of nitrogens with zero attached hydrogens (tertiary/aromatic N) is 4. The number of hydrogen-bond donors (Lipinski definition) is 0. The first-order valence-electron chi connectivity index (χ1n) is 8.88. The van der Waals surface area contributed by atoms with Gasteiger partial charge in [0.1, 0.15) is 6.33 Å². The molecule has 0 bridgehead atoms. The lowest BCUT2D eigenvalue weighted by molar-refractivity contribution is 0.0739. The van der Waals surface area contributed by atoms with E-state index in [2.05, 4.69) is 9.97 Å². The molecule has 4 rings (SSSR count). The van der Waals surface area contributed by atoms with Crippen LogP contribution in [0.5, 0.6) is 0 Å². The Kier molecular flexibility index (Phi) is 4.67. The summed E-state index contributed by atoms with van der Waals surface area (Å²) in [5.74, 6) is 0.298. The maximum Gasteiger partial charge on any atom is 0.256 e. The number of ether oxygens (including phenoxy) is 1. The van der Waals surface area contributed by atoms with Crippen LogP contribution in [-0.2, 0) is 18.2 Å². The maximum absolute atomic E-state index is 13.2. The summed E-state index contributed by atoms with van der Waals surface area (Å²) in [4.78, 5) is 23.4. The zero-order valence-corrected chi connectivity index (χ0v) is 14.8. The number of amides is 1. The Morgan fingerprint density at radius 3 is 3.04 bits per heavy atom. The molecular weight excluding hydrogens is 328 g/mol. The van der Waals surface area contributed by atoms with Crippen molar-refractivity contribution in [2.75, 3.05) is 26.3 Å². The Labute approximate surface area is 152 Å². The fourth-order valence-electron chi connectivity index (χ4n) is 3.61. The lowest BCUT2D eigenvalue weighted by Crippen LogP contribution is -2.36. The first-order chi connectivity index (χ1) is 12.7. The van der Waals surface area contributed by atoms with Crippen LogP contribution < -0.4 is 0 Å². The summed E-state index contributed by atoms with van der Waals surface area (Å²) in [6.07, 6.45) is 6.02. The Morgan fingerprint density at radius 1 is 1.31 bits per heavy atom. The van der Waals surface area contributed by atoms with Crippen molar-refractivity contribution in [1.29, 1.82) is 0 Å². The molecule has 1 aliphatic rings. The second-order valence-electron chi connectivity index (χ2n) is 6.77. The lowest BCUT2D eigenvalue weighted by atomic mass is 10.0. The summed E-state index contributed by atoms with van der Waals surface area (Å²) in [5, 5.41) is 0.998. The molecule has 0 N–H and O–H groups in total. The predicted molar refractivity (Wildman–Crippen MR) is 98.9 cm³/mol. The van der Waals surface area contributed by atoms with Gasteiger partial charge < -0.3 is 14.2 Å². The van der Waals surface area contributed by atoms with E-state index in [1.165, 1.54) is 0 Å². The van der Waals surface area contributed by atoms with Gasteiger partial charge in [-0.3, -0.25) is 4.79 Å². The molecular formula is C20H22N4O2. The Balaban J connectivity index is 1.56. The van der Waals surface area contributed by atoms with E-state index >= 15 is 0 Å². The van der Waals surface area contributed by atoms with Crippen LogP contribution in [0.4, 0.5) is 0 Å². The molecule has 2 aromatic heterocycles. The van der Waals surface area contributed by atoms with Gasteiger partial charge in [0.2, 0.25) is 0 Å². The number of carbonyl (C=O) groups excluding carboxylic acids is 1. The Bertz CT molecular complexity index is 907. The van der Waals surface area contributed by atoms with Gasteiger partial charge in [-0.05, 0) is 18.6 Å². The minimum atomic E-state index is 0.0694. The molecule has 1 amide bonds. The summed E-state index contributed by atoms with van der Waals surface area (Å²) in [6, 6.07) is 9.93. The number of hydrogen-bond acceptors (Lipinski definition) is 4. The van der Waals surface area contributed by atoms with E-state index in [-0.39, 0.29) is 11.8 Å². The first kappa shape index (κ1) is 16.7. The van der Waals surface area contributed by atoms with Gasteiger partial charge in [0.15, 0.2) is 0 Å². The third-order valence-corrected chi connectivity index (χ3v) is 4.89. The number of benzene rings is 1. The Hall–Kier alpha value is -2.73. The van der Waals surface area contributed by atoms with Gasteiger partial charge in [0.25, 0.3) is 5.91 Å². The van der Waals surface area contributed by atoms with E-state index in [9.17, 15) is 4.79 Å². The second kappa shape index (κ2) is 7.25. The molecule has 1 fully saturated rings. The molecule has 0 radical (unpaired) electrons. The molecule has 134 valence electrons. The van der Waals surface area contributed by atoms with Gasteiger partial charge >= 0.3 is 0 Å². The van der Waals surface area contributed by atoms with Crippen LogP contribution in [0.25, 0.3) is 10.9 Å². The molecule has 6 nitrogen and oxygen atoms in total. The summed E-state index contributed by atoms with van der Waals surface area (Å²) < 4.78 is 7.75. The smallest absolute Gasteiger partial charge is 0.256 e. The van der Waals surface area contributed by atoms with Crippen LogP contribution in [0.15, 0.2) is 49.1 Å². The minimum Gasteiger partial charge on any atom is -0.379 e. The summed E-state index contributed by atoms with van der Waals surface area (Å²) in [6.45, 7) is 2.49. The summed E-state index contributed by atoms with van der Waals surface area (Å²) in [5.41, 5.74) is 2.80. The van der Waals surface area contributed by atoms with Crippen LogP contribution in [0.1, 0.15) is 16.1 Å². The van der Waals surface area contributed by atoms with Gasteiger partial charge in [-0.15, -0.1) is 0 Å². The SMILES string of the molecule is Cn1cc(C(=O)N2CCOC[C@@H](Cc3ccncn3)C2)c2ccccc21. The van der Waals surface area contributed by atoms with E-state index in [0.717, 1.165) is 28.6 Å². The Morgan fingerprint density at radius 2 is 2.19 bits per heavy atom. The van der Waals surface area contributed by atoms with Crippen molar-refractivity contribution in [2.24, 2.45) is 13.0 Å². The molecule has 0 spiro atoms. The van der Waals surface area contributed by atoms with E-state index in [4.69, 9.17) is 4.74 Å². The topological polar surface area (TPSA) is 60.2 Å². The van der Waals surface area contributed by atoms with E-state index in [0.29, 0.717) is 26.3 Å². The highest BCUT2D eigenvalue weighted by molar-refractivity contribution is 6.07. The molecule has 26 heavy (non-hydrogen) atoms. The van der Waals surface area contributed by atoms with Crippen molar-refractivity contribution in [2.45, 2.75) is 6.42 Å². The van der Waals surface area contributed by atoms with Crippen LogP contribution in [0.3, 0.4) is 0 Å². The monoisotopic (exact) mass is 350 g/mol. The third-order valence-electron chi connectivity index (χ3n) is 4.89. The number of para-hydroxylation sites is 1. The fraction of sp³-hybridized carbons (Fsp3) is 0.350. The molecule has 3 heterocycles. The molecule has 6 heteroatoms. The van der Waals surface area contributed by atoms with Crippen molar-refractivity contribution in [3.63, 3.8) is 0 Å². The number of carbonyl (C=O) groups is 1. The van der Waals surface area contributed by atoms with Crippen molar-refractivity contribution in [1.82, 2.24) is 19.4 Å². The van der Waals surface area contributed by atoms with E-state index in [1.807, 2.05) is 53.0 Å². The number of fused-ring (bicyclic) bond motifs is 1. The van der Waals surface area contributed by atoms with Crippen LogP contribution in [0, 0.1) is 5.92 Å². The molecule has 0 unspecified atom stereocenters. The first-order valence-corrected chi connectivity index (χ1v) is 8.88. The maximum atomic E-state index is 13.2. The van der Waals surface area contributed by atoms with Gasteiger partial charge in [-0.25, -0.2) is 9.97 Å². The third kappa shape index (κ3) is 3.32.